The number of aliphatic hydroxyl groups is 2. The van der Waals surface area contributed by atoms with Crippen LogP contribution in [0.5, 0.6) is 0 Å². The van der Waals surface area contributed by atoms with Crippen molar-refractivity contribution >= 4 is 22.2 Å². The molecular weight excluding hydrogens is 334 g/mol. The van der Waals surface area contributed by atoms with Gasteiger partial charge in [-0.2, -0.15) is 8.42 Å². The van der Waals surface area contributed by atoms with Crippen LogP contribution < -0.4 is 5.14 Å². The van der Waals surface area contributed by atoms with Crippen LogP contribution in [-0.4, -0.2) is 58.5 Å². The van der Waals surface area contributed by atoms with Gasteiger partial charge in [0.2, 0.25) is 0 Å². The van der Waals surface area contributed by atoms with Crippen molar-refractivity contribution in [1.82, 2.24) is 0 Å². The Hall–Kier alpha value is -2.05. The third kappa shape index (κ3) is 17.9. The Bertz CT molecular complexity index is 524. The van der Waals surface area contributed by atoms with Crippen LogP contribution in [0.15, 0.2) is 24.3 Å². The topological polar surface area (TPSA) is 195 Å². The van der Waals surface area contributed by atoms with Gasteiger partial charge in [-0.3, -0.25) is 4.55 Å². The van der Waals surface area contributed by atoms with Gasteiger partial charge in [0.15, 0.2) is 0 Å². The molecule has 7 N–H and O–H groups in total. The van der Waals surface area contributed by atoms with Crippen molar-refractivity contribution in [1.29, 1.82) is 0 Å². The molecule has 0 heterocycles. The molecule has 0 saturated carbocycles. The second-order valence-electron chi connectivity index (χ2n) is 3.86. The van der Waals surface area contributed by atoms with E-state index in [9.17, 15) is 9.59 Å². The normalized spacial score (nSPS) is 9.74. The van der Waals surface area contributed by atoms with Gasteiger partial charge in [0.25, 0.3) is 0 Å². The molecule has 132 valence electrons. The first-order valence-electron chi connectivity index (χ1n) is 6.06. The first kappa shape index (κ1) is 23.2. The Kier molecular flexibility index (Phi) is 12.6. The lowest BCUT2D eigenvalue weighted by Crippen LogP contribution is -2.08. The molecule has 0 atom stereocenters. The summed E-state index contributed by atoms with van der Waals surface area (Å²) < 4.78 is 25.2. The Labute approximate surface area is 132 Å². The fourth-order valence-electron chi connectivity index (χ4n) is 0.979. The third-order valence-electron chi connectivity index (χ3n) is 1.95. The summed E-state index contributed by atoms with van der Waals surface area (Å²) in [5.74, 6) is -2.13. The van der Waals surface area contributed by atoms with Crippen LogP contribution in [0.1, 0.15) is 33.6 Å². The van der Waals surface area contributed by atoms with Gasteiger partial charge in [0.1, 0.15) is 0 Å². The van der Waals surface area contributed by atoms with E-state index in [4.69, 9.17) is 33.4 Å². The zero-order valence-corrected chi connectivity index (χ0v) is 12.8. The molecule has 0 aliphatic carbocycles. The zero-order valence-electron chi connectivity index (χ0n) is 12.0. The minimum atomic E-state index is -4.17. The fraction of sp³-hybridized carbons (Fsp3) is 0.333. The average molecular weight is 353 g/mol. The number of aromatic carboxylic acids is 2. The molecule has 11 heteroatoms. The summed E-state index contributed by atoms with van der Waals surface area (Å²) in [7, 11) is -4.17. The molecule has 0 radical (unpaired) electrons. The molecule has 23 heavy (non-hydrogen) atoms. The Morgan fingerprint density at radius 3 is 1.22 bits per heavy atom. The number of rotatable bonds is 5. The van der Waals surface area contributed by atoms with Gasteiger partial charge in [-0.15, -0.1) is 0 Å². The van der Waals surface area contributed by atoms with Gasteiger partial charge >= 0.3 is 22.2 Å². The van der Waals surface area contributed by atoms with Crippen molar-refractivity contribution < 1.29 is 43.0 Å². The largest absolute Gasteiger partial charge is 0.478 e. The molecule has 0 fully saturated rings. The molecule has 0 saturated heterocycles. The average Bonchev–Trinajstić information content (AvgIpc) is 2.44. The highest BCUT2D eigenvalue weighted by Crippen LogP contribution is 2.03. The summed E-state index contributed by atoms with van der Waals surface area (Å²) in [5.41, 5.74) is 0.167. The van der Waals surface area contributed by atoms with Crippen LogP contribution in [0.4, 0.5) is 0 Å². The highest BCUT2D eigenvalue weighted by atomic mass is 32.2. The highest BCUT2D eigenvalue weighted by molar-refractivity contribution is 7.83. The van der Waals surface area contributed by atoms with Crippen LogP contribution in [0.2, 0.25) is 0 Å². The minimum absolute atomic E-state index is 0.0833. The van der Waals surface area contributed by atoms with Gasteiger partial charge in [0.05, 0.1) is 11.1 Å². The molecule has 0 aliphatic rings. The summed E-state index contributed by atoms with van der Waals surface area (Å²) in [6.45, 7) is 0.390. The number of hydrogen-bond acceptors (Lipinski definition) is 6. The maximum atomic E-state index is 10.3. The number of carboxylic acid groups (broad SMARTS) is 2. The number of unbranched alkanes of at least 4 members (excludes halogenated alkanes) is 1. The predicted octanol–water partition coefficient (Wildman–Crippen LogP) is -0.418. The van der Waals surface area contributed by atoms with E-state index in [1.165, 1.54) is 24.3 Å². The number of carbonyl (C=O) groups is 2. The SMILES string of the molecule is NS(=O)(=O)O.O=C(O)c1ccc(C(=O)O)cc1.OCCCCO. The van der Waals surface area contributed by atoms with E-state index in [0.29, 0.717) is 0 Å². The van der Waals surface area contributed by atoms with Crippen LogP contribution in [0.3, 0.4) is 0 Å². The van der Waals surface area contributed by atoms with Crippen molar-refractivity contribution in [3.8, 4) is 0 Å². The molecular formula is C12H19NO9S. The van der Waals surface area contributed by atoms with Crippen molar-refractivity contribution in [3.05, 3.63) is 35.4 Å². The van der Waals surface area contributed by atoms with Gasteiger partial charge in [-0.1, -0.05) is 0 Å². The maximum absolute atomic E-state index is 10.3. The van der Waals surface area contributed by atoms with E-state index in [1.54, 1.807) is 0 Å². The summed E-state index contributed by atoms with van der Waals surface area (Å²) in [6.07, 6.45) is 1.44. The van der Waals surface area contributed by atoms with E-state index in [0.717, 1.165) is 12.8 Å². The van der Waals surface area contributed by atoms with E-state index in [1.807, 2.05) is 0 Å². The third-order valence-corrected chi connectivity index (χ3v) is 1.95. The monoisotopic (exact) mass is 353 g/mol. The lowest BCUT2D eigenvalue weighted by atomic mass is 10.1. The fourth-order valence-corrected chi connectivity index (χ4v) is 0.979. The Morgan fingerprint density at radius 2 is 1.09 bits per heavy atom. The summed E-state index contributed by atoms with van der Waals surface area (Å²) in [5, 5.41) is 37.0. The molecule has 0 bridgehead atoms. The van der Waals surface area contributed by atoms with Gasteiger partial charge < -0.3 is 20.4 Å². The molecule has 0 amide bonds. The first-order valence-corrected chi connectivity index (χ1v) is 7.56. The first-order chi connectivity index (χ1) is 10.5. The van der Waals surface area contributed by atoms with E-state index < -0.39 is 22.2 Å². The van der Waals surface area contributed by atoms with E-state index >= 15 is 0 Å². The molecule has 0 spiro atoms. The summed E-state index contributed by atoms with van der Waals surface area (Å²) in [6, 6.07) is 5.02. The second-order valence-corrected chi connectivity index (χ2v) is 4.89. The molecule has 0 aromatic heterocycles. The minimum Gasteiger partial charge on any atom is -0.478 e. The van der Waals surface area contributed by atoms with Crippen LogP contribution in [0.25, 0.3) is 0 Å². The van der Waals surface area contributed by atoms with E-state index in [-0.39, 0.29) is 24.3 Å². The zero-order chi connectivity index (χ0) is 18.5. The number of benzene rings is 1. The lowest BCUT2D eigenvalue weighted by molar-refractivity contribution is 0.0681. The van der Waals surface area contributed by atoms with Crippen molar-refractivity contribution in [2.45, 2.75) is 12.8 Å². The van der Waals surface area contributed by atoms with Crippen LogP contribution in [-0.2, 0) is 10.3 Å². The molecule has 1 rings (SSSR count). The van der Waals surface area contributed by atoms with E-state index in [2.05, 4.69) is 5.14 Å². The van der Waals surface area contributed by atoms with Gasteiger partial charge in [0, 0.05) is 13.2 Å². The summed E-state index contributed by atoms with van der Waals surface area (Å²) in [4.78, 5) is 20.7. The van der Waals surface area contributed by atoms with Crippen LogP contribution in [0, 0.1) is 0 Å². The Balaban J connectivity index is 0. The molecule has 1 aromatic rings. The molecule has 0 unspecified atom stereocenters. The van der Waals surface area contributed by atoms with Crippen molar-refractivity contribution in [3.63, 3.8) is 0 Å². The number of aliphatic hydroxyl groups excluding tert-OH is 2. The van der Waals surface area contributed by atoms with Crippen LogP contribution >= 0.6 is 0 Å². The predicted molar refractivity (Wildman–Crippen MR) is 79.5 cm³/mol. The van der Waals surface area contributed by atoms with Gasteiger partial charge in [-0.25, -0.2) is 14.7 Å². The molecule has 0 aliphatic heterocycles. The lowest BCUT2D eigenvalue weighted by Gasteiger charge is -1.94. The summed E-state index contributed by atoms with van der Waals surface area (Å²) >= 11 is 0. The molecule has 10 nitrogen and oxygen atoms in total. The number of nitrogens with two attached hydrogens (primary N) is 1. The standard InChI is InChI=1S/C8H6O4.C4H10O2.H3NO3S/c9-7(10)5-1-2-6(4-3-5)8(11)12;5-3-1-2-4-6;1-5(2,3)4/h1-4H,(H,9,10)(H,11,12);5-6H,1-4H2;(H3,1,2,3,4). The molecule has 1 aromatic carbocycles. The Morgan fingerprint density at radius 1 is 0.870 bits per heavy atom. The second kappa shape index (κ2) is 12.5. The number of carboxylic acids is 2. The smallest absolute Gasteiger partial charge is 0.335 e. The van der Waals surface area contributed by atoms with Crippen molar-refractivity contribution in [2.24, 2.45) is 5.14 Å². The highest BCUT2D eigenvalue weighted by Gasteiger charge is 2.04. The van der Waals surface area contributed by atoms with Gasteiger partial charge in [-0.05, 0) is 37.1 Å². The number of hydrogen-bond donors (Lipinski definition) is 6. The van der Waals surface area contributed by atoms with Crippen molar-refractivity contribution in [2.75, 3.05) is 13.2 Å². The quantitative estimate of drug-likeness (QED) is 0.301. The maximum Gasteiger partial charge on any atom is 0.335 e.